The maximum atomic E-state index is 4.26. The van der Waals surface area contributed by atoms with Crippen molar-refractivity contribution in [2.45, 2.75) is 13.8 Å². The molecule has 0 bridgehead atoms. The van der Waals surface area contributed by atoms with Gasteiger partial charge in [0, 0.05) is 12.7 Å². The van der Waals surface area contributed by atoms with E-state index in [2.05, 4.69) is 29.4 Å². The first-order chi connectivity index (χ1) is 6.33. The zero-order chi connectivity index (χ0) is 9.52. The van der Waals surface area contributed by atoms with Crippen LogP contribution in [0.1, 0.15) is 18.2 Å². The van der Waals surface area contributed by atoms with Gasteiger partial charge >= 0.3 is 0 Å². The summed E-state index contributed by atoms with van der Waals surface area (Å²) >= 11 is 0. The largest absolute Gasteiger partial charge is 0.314 e. The van der Waals surface area contributed by atoms with Gasteiger partial charge in [0.15, 0.2) is 0 Å². The molecule has 0 aliphatic rings. The first kappa shape index (κ1) is 9.93. The van der Waals surface area contributed by atoms with Crippen LogP contribution in [0, 0.1) is 6.92 Å². The Hall–Kier alpha value is -1.15. The second-order valence-corrected chi connectivity index (χ2v) is 2.97. The van der Waals surface area contributed by atoms with E-state index < -0.39 is 0 Å². The van der Waals surface area contributed by atoms with Gasteiger partial charge in [-0.2, -0.15) is 0 Å². The summed E-state index contributed by atoms with van der Waals surface area (Å²) in [6.45, 7) is 6.05. The number of aromatic nitrogens is 1. The zero-order valence-electron chi connectivity index (χ0n) is 8.25. The number of hydrogen-bond acceptors (Lipinski definition) is 2. The number of likely N-dealkylation sites (N-methyl/N-ethyl adjacent to an activating group) is 1. The lowest BCUT2D eigenvalue weighted by atomic mass is 10.2. The molecule has 1 aromatic rings. The molecule has 0 saturated heterocycles. The molecule has 0 unspecified atom stereocenters. The lowest BCUT2D eigenvalue weighted by molar-refractivity contribution is 0.801. The second-order valence-electron chi connectivity index (χ2n) is 2.97. The predicted octanol–water partition coefficient (Wildman–Crippen LogP) is 2.01. The van der Waals surface area contributed by atoms with Crippen LogP contribution in [0.15, 0.2) is 24.4 Å². The lowest BCUT2D eigenvalue weighted by Crippen LogP contribution is -2.11. The molecule has 1 rings (SSSR count). The highest BCUT2D eigenvalue weighted by Crippen LogP contribution is 1.99. The van der Waals surface area contributed by atoms with E-state index in [9.17, 15) is 0 Å². The monoisotopic (exact) mass is 176 g/mol. The van der Waals surface area contributed by atoms with Crippen molar-refractivity contribution in [1.82, 2.24) is 10.3 Å². The van der Waals surface area contributed by atoms with E-state index in [-0.39, 0.29) is 0 Å². The highest BCUT2D eigenvalue weighted by Gasteiger charge is 1.86. The standard InChI is InChI=1S/C11H16N2/c1-3-12-8-4-5-11-7-6-10(2)9-13-11/h4-7,9,12H,3,8H2,1-2H3/b5-4+. The van der Waals surface area contributed by atoms with Crippen LogP contribution < -0.4 is 5.32 Å². The van der Waals surface area contributed by atoms with E-state index in [0.717, 1.165) is 18.8 Å². The number of nitrogens with one attached hydrogen (secondary N) is 1. The molecule has 2 heteroatoms. The molecule has 70 valence electrons. The van der Waals surface area contributed by atoms with Gasteiger partial charge in [0.2, 0.25) is 0 Å². The molecule has 13 heavy (non-hydrogen) atoms. The van der Waals surface area contributed by atoms with Gasteiger partial charge in [0.25, 0.3) is 0 Å². The average molecular weight is 176 g/mol. The first-order valence-electron chi connectivity index (χ1n) is 4.63. The van der Waals surface area contributed by atoms with Gasteiger partial charge < -0.3 is 5.32 Å². The first-order valence-corrected chi connectivity index (χ1v) is 4.63. The quantitative estimate of drug-likeness (QED) is 0.710. The molecule has 0 aromatic carbocycles. The Kier molecular flexibility index (Phi) is 4.19. The average Bonchev–Trinajstić information content (AvgIpc) is 2.15. The van der Waals surface area contributed by atoms with Gasteiger partial charge in [0.1, 0.15) is 0 Å². The minimum atomic E-state index is 0.909. The molecule has 1 heterocycles. The van der Waals surface area contributed by atoms with Gasteiger partial charge in [-0.05, 0) is 31.2 Å². The van der Waals surface area contributed by atoms with Crippen molar-refractivity contribution < 1.29 is 0 Å². The van der Waals surface area contributed by atoms with Crippen LogP contribution in [-0.2, 0) is 0 Å². The molecule has 0 atom stereocenters. The highest BCUT2D eigenvalue weighted by atomic mass is 14.8. The Balaban J connectivity index is 2.44. The third-order valence-electron chi connectivity index (χ3n) is 1.74. The topological polar surface area (TPSA) is 24.9 Å². The summed E-state index contributed by atoms with van der Waals surface area (Å²) in [6, 6.07) is 4.09. The van der Waals surface area contributed by atoms with E-state index in [1.165, 1.54) is 5.56 Å². The van der Waals surface area contributed by atoms with Gasteiger partial charge in [-0.1, -0.05) is 19.1 Å². The van der Waals surface area contributed by atoms with Crippen LogP contribution in [0.4, 0.5) is 0 Å². The fourth-order valence-electron chi connectivity index (χ4n) is 0.985. The number of nitrogens with zero attached hydrogens (tertiary/aromatic N) is 1. The Morgan fingerprint density at radius 2 is 2.31 bits per heavy atom. The lowest BCUT2D eigenvalue weighted by Gasteiger charge is -1.95. The van der Waals surface area contributed by atoms with Crippen molar-refractivity contribution in [3.05, 3.63) is 35.7 Å². The molecule has 1 aromatic heterocycles. The van der Waals surface area contributed by atoms with Gasteiger partial charge in [-0.3, -0.25) is 4.98 Å². The minimum absolute atomic E-state index is 0.909. The highest BCUT2D eigenvalue weighted by molar-refractivity contribution is 5.44. The number of pyridine rings is 1. The zero-order valence-corrected chi connectivity index (χ0v) is 8.25. The molecule has 2 nitrogen and oxygen atoms in total. The van der Waals surface area contributed by atoms with Crippen molar-refractivity contribution >= 4 is 6.08 Å². The molecular formula is C11H16N2. The van der Waals surface area contributed by atoms with Crippen molar-refractivity contribution in [3.63, 3.8) is 0 Å². The van der Waals surface area contributed by atoms with Gasteiger partial charge in [-0.25, -0.2) is 0 Å². The Bertz CT molecular complexity index is 262. The summed E-state index contributed by atoms with van der Waals surface area (Å²) in [5.74, 6) is 0. The smallest absolute Gasteiger partial charge is 0.0627 e. The molecule has 0 radical (unpaired) electrons. The Morgan fingerprint density at radius 1 is 1.46 bits per heavy atom. The number of aryl methyl sites for hydroxylation is 1. The molecule has 0 fully saturated rings. The molecule has 0 spiro atoms. The Labute approximate surface area is 79.7 Å². The molecule has 1 N–H and O–H groups in total. The second kappa shape index (κ2) is 5.49. The van der Waals surface area contributed by atoms with E-state index >= 15 is 0 Å². The van der Waals surface area contributed by atoms with E-state index in [4.69, 9.17) is 0 Å². The SMILES string of the molecule is CCNC/C=C/c1ccc(C)cn1. The van der Waals surface area contributed by atoms with Crippen molar-refractivity contribution in [3.8, 4) is 0 Å². The summed E-state index contributed by atoms with van der Waals surface area (Å²) in [5, 5.41) is 3.22. The van der Waals surface area contributed by atoms with Crippen LogP contribution in [0.2, 0.25) is 0 Å². The molecule has 0 aliphatic carbocycles. The van der Waals surface area contributed by atoms with E-state index in [1.54, 1.807) is 0 Å². The summed E-state index contributed by atoms with van der Waals surface area (Å²) in [7, 11) is 0. The van der Waals surface area contributed by atoms with Crippen LogP contribution in [0.5, 0.6) is 0 Å². The van der Waals surface area contributed by atoms with Crippen LogP contribution >= 0.6 is 0 Å². The molecular weight excluding hydrogens is 160 g/mol. The molecule has 0 amide bonds. The summed E-state index contributed by atoms with van der Waals surface area (Å²) in [5.41, 5.74) is 2.22. The Morgan fingerprint density at radius 3 is 2.92 bits per heavy atom. The third-order valence-corrected chi connectivity index (χ3v) is 1.74. The van der Waals surface area contributed by atoms with E-state index in [1.807, 2.05) is 25.3 Å². The number of hydrogen-bond donors (Lipinski definition) is 1. The molecule has 0 aliphatic heterocycles. The minimum Gasteiger partial charge on any atom is -0.314 e. The fourth-order valence-corrected chi connectivity index (χ4v) is 0.985. The van der Waals surface area contributed by atoms with Crippen LogP contribution in [0.25, 0.3) is 6.08 Å². The normalized spacial score (nSPS) is 10.9. The van der Waals surface area contributed by atoms with Crippen LogP contribution in [0.3, 0.4) is 0 Å². The maximum Gasteiger partial charge on any atom is 0.0627 e. The molecule has 0 saturated carbocycles. The third kappa shape index (κ3) is 3.85. The maximum absolute atomic E-state index is 4.26. The van der Waals surface area contributed by atoms with Crippen LogP contribution in [-0.4, -0.2) is 18.1 Å². The predicted molar refractivity (Wildman–Crippen MR) is 56.6 cm³/mol. The summed E-state index contributed by atoms with van der Waals surface area (Å²) < 4.78 is 0. The fraction of sp³-hybridized carbons (Fsp3) is 0.364. The summed E-state index contributed by atoms with van der Waals surface area (Å²) in [6.07, 6.45) is 6.00. The van der Waals surface area contributed by atoms with Crippen molar-refractivity contribution in [1.29, 1.82) is 0 Å². The summed E-state index contributed by atoms with van der Waals surface area (Å²) in [4.78, 5) is 4.26. The van der Waals surface area contributed by atoms with Crippen molar-refractivity contribution in [2.75, 3.05) is 13.1 Å². The van der Waals surface area contributed by atoms with E-state index in [0.29, 0.717) is 0 Å². The van der Waals surface area contributed by atoms with Gasteiger partial charge in [-0.15, -0.1) is 0 Å². The number of rotatable bonds is 4. The van der Waals surface area contributed by atoms with Crippen molar-refractivity contribution in [2.24, 2.45) is 0 Å². The van der Waals surface area contributed by atoms with Gasteiger partial charge in [0.05, 0.1) is 5.69 Å².